The van der Waals surface area contributed by atoms with Crippen LogP contribution >= 0.6 is 0 Å². The number of nitrogen functional groups attached to an aromatic ring is 1. The standard InChI is InChI=1S/C14H22N2O2/c1-10-11(5-4-6-12(10)15)13(18)16-9-14(2,3)7-8-17/h4-6,17H,7-9,15H2,1-3H3,(H,16,18). The third-order valence-corrected chi connectivity index (χ3v) is 3.14. The van der Waals surface area contributed by atoms with Crippen LogP contribution in [0.5, 0.6) is 0 Å². The van der Waals surface area contributed by atoms with Crippen molar-refractivity contribution in [2.75, 3.05) is 18.9 Å². The van der Waals surface area contributed by atoms with Gasteiger partial charge in [-0.2, -0.15) is 0 Å². The molecule has 0 saturated carbocycles. The fourth-order valence-corrected chi connectivity index (χ4v) is 1.71. The second-order valence-corrected chi connectivity index (χ2v) is 5.34. The van der Waals surface area contributed by atoms with Crippen molar-refractivity contribution >= 4 is 11.6 Å². The van der Waals surface area contributed by atoms with Gasteiger partial charge >= 0.3 is 0 Å². The number of aliphatic hydroxyl groups is 1. The molecule has 4 heteroatoms. The number of nitrogens with two attached hydrogens (primary N) is 1. The quantitative estimate of drug-likeness (QED) is 0.696. The first kappa shape index (κ1) is 14.5. The SMILES string of the molecule is Cc1c(N)cccc1C(=O)NCC(C)(C)CCO. The molecule has 1 aromatic rings. The number of rotatable bonds is 5. The number of aliphatic hydroxyl groups excluding tert-OH is 1. The molecule has 1 aromatic carbocycles. The highest BCUT2D eigenvalue weighted by Crippen LogP contribution is 2.19. The number of anilines is 1. The third-order valence-electron chi connectivity index (χ3n) is 3.14. The zero-order valence-electron chi connectivity index (χ0n) is 11.3. The number of hydrogen-bond donors (Lipinski definition) is 3. The van der Waals surface area contributed by atoms with Crippen LogP contribution < -0.4 is 11.1 Å². The maximum atomic E-state index is 12.0. The van der Waals surface area contributed by atoms with E-state index >= 15 is 0 Å². The van der Waals surface area contributed by atoms with Crippen LogP contribution in [0.15, 0.2) is 18.2 Å². The molecule has 0 aliphatic carbocycles. The molecule has 0 aliphatic heterocycles. The molecule has 0 atom stereocenters. The summed E-state index contributed by atoms with van der Waals surface area (Å²) in [7, 11) is 0. The molecule has 1 rings (SSSR count). The van der Waals surface area contributed by atoms with Gasteiger partial charge in [0.2, 0.25) is 0 Å². The van der Waals surface area contributed by atoms with Gasteiger partial charge < -0.3 is 16.2 Å². The van der Waals surface area contributed by atoms with Crippen LogP contribution in [0.2, 0.25) is 0 Å². The predicted octanol–water partition coefficient (Wildman–Crippen LogP) is 1.72. The summed E-state index contributed by atoms with van der Waals surface area (Å²) in [6.07, 6.45) is 0.656. The zero-order chi connectivity index (χ0) is 13.8. The molecule has 0 fully saturated rings. The molecular weight excluding hydrogens is 228 g/mol. The maximum absolute atomic E-state index is 12.0. The van der Waals surface area contributed by atoms with E-state index in [4.69, 9.17) is 10.8 Å². The molecule has 0 bridgehead atoms. The number of hydrogen-bond acceptors (Lipinski definition) is 3. The van der Waals surface area contributed by atoms with Gasteiger partial charge in [0, 0.05) is 24.4 Å². The van der Waals surface area contributed by atoms with Gasteiger partial charge in [-0.1, -0.05) is 19.9 Å². The van der Waals surface area contributed by atoms with Gasteiger partial charge in [-0.05, 0) is 36.5 Å². The normalized spacial score (nSPS) is 11.3. The average Bonchev–Trinajstić information content (AvgIpc) is 2.30. The summed E-state index contributed by atoms with van der Waals surface area (Å²) in [6, 6.07) is 5.32. The number of carbonyl (C=O) groups is 1. The van der Waals surface area contributed by atoms with Crippen LogP contribution in [-0.2, 0) is 0 Å². The monoisotopic (exact) mass is 250 g/mol. The van der Waals surface area contributed by atoms with E-state index in [1.807, 2.05) is 20.8 Å². The molecule has 100 valence electrons. The highest BCUT2D eigenvalue weighted by atomic mass is 16.3. The summed E-state index contributed by atoms with van der Waals surface area (Å²) < 4.78 is 0. The first-order valence-electron chi connectivity index (χ1n) is 6.11. The van der Waals surface area contributed by atoms with Gasteiger partial charge in [-0.15, -0.1) is 0 Å². The van der Waals surface area contributed by atoms with Crippen molar-refractivity contribution < 1.29 is 9.90 Å². The molecule has 0 spiro atoms. The molecule has 0 aromatic heterocycles. The first-order valence-corrected chi connectivity index (χ1v) is 6.11. The number of benzene rings is 1. The number of carbonyl (C=O) groups excluding carboxylic acids is 1. The Labute approximate surface area is 108 Å². The Kier molecular flexibility index (Phi) is 4.73. The fraction of sp³-hybridized carbons (Fsp3) is 0.500. The van der Waals surface area contributed by atoms with Crippen molar-refractivity contribution in [1.82, 2.24) is 5.32 Å². The summed E-state index contributed by atoms with van der Waals surface area (Å²) in [5.74, 6) is -0.120. The Bertz CT molecular complexity index is 428. The lowest BCUT2D eigenvalue weighted by Crippen LogP contribution is -2.34. The van der Waals surface area contributed by atoms with Crippen LogP contribution in [0.25, 0.3) is 0 Å². The summed E-state index contributed by atoms with van der Waals surface area (Å²) in [4.78, 5) is 12.0. The van der Waals surface area contributed by atoms with E-state index in [1.165, 1.54) is 0 Å². The van der Waals surface area contributed by atoms with E-state index in [9.17, 15) is 4.79 Å². The fourth-order valence-electron chi connectivity index (χ4n) is 1.71. The molecule has 0 saturated heterocycles. The Morgan fingerprint density at radius 2 is 2.11 bits per heavy atom. The van der Waals surface area contributed by atoms with Gasteiger partial charge in [-0.25, -0.2) is 0 Å². The second-order valence-electron chi connectivity index (χ2n) is 5.34. The maximum Gasteiger partial charge on any atom is 0.251 e. The van der Waals surface area contributed by atoms with Crippen molar-refractivity contribution in [3.63, 3.8) is 0 Å². The lowest BCUT2D eigenvalue weighted by Gasteiger charge is -2.24. The summed E-state index contributed by atoms with van der Waals surface area (Å²) in [6.45, 7) is 6.51. The van der Waals surface area contributed by atoms with E-state index in [1.54, 1.807) is 18.2 Å². The van der Waals surface area contributed by atoms with E-state index in [-0.39, 0.29) is 17.9 Å². The molecule has 0 radical (unpaired) electrons. The van der Waals surface area contributed by atoms with Crippen LogP contribution in [0.3, 0.4) is 0 Å². The van der Waals surface area contributed by atoms with Crippen LogP contribution in [0.4, 0.5) is 5.69 Å². The predicted molar refractivity (Wildman–Crippen MR) is 73.4 cm³/mol. The van der Waals surface area contributed by atoms with Crippen LogP contribution in [0.1, 0.15) is 36.2 Å². The molecule has 0 heterocycles. The Hall–Kier alpha value is -1.55. The van der Waals surface area contributed by atoms with Crippen molar-refractivity contribution in [2.24, 2.45) is 5.41 Å². The van der Waals surface area contributed by atoms with Crippen molar-refractivity contribution in [1.29, 1.82) is 0 Å². The topological polar surface area (TPSA) is 75.4 Å². The van der Waals surface area contributed by atoms with Crippen molar-refractivity contribution in [3.05, 3.63) is 29.3 Å². The molecule has 0 aliphatic rings. The van der Waals surface area contributed by atoms with E-state index < -0.39 is 0 Å². The first-order chi connectivity index (χ1) is 8.37. The smallest absolute Gasteiger partial charge is 0.251 e. The Morgan fingerprint density at radius 1 is 1.44 bits per heavy atom. The summed E-state index contributed by atoms with van der Waals surface area (Å²) in [5.41, 5.74) is 7.69. The molecular formula is C14H22N2O2. The minimum Gasteiger partial charge on any atom is -0.398 e. The van der Waals surface area contributed by atoms with Crippen LogP contribution in [0, 0.1) is 12.3 Å². The second kappa shape index (κ2) is 5.87. The van der Waals surface area contributed by atoms with Gasteiger partial charge in [-0.3, -0.25) is 4.79 Å². The molecule has 1 amide bonds. The highest BCUT2D eigenvalue weighted by Gasteiger charge is 2.19. The van der Waals surface area contributed by atoms with E-state index in [0.717, 1.165) is 5.56 Å². The molecule has 4 nitrogen and oxygen atoms in total. The number of nitrogens with one attached hydrogen (secondary N) is 1. The Balaban J connectivity index is 2.69. The van der Waals surface area contributed by atoms with Crippen molar-refractivity contribution in [3.8, 4) is 0 Å². The van der Waals surface area contributed by atoms with E-state index in [0.29, 0.717) is 24.2 Å². The van der Waals surface area contributed by atoms with Gasteiger partial charge in [0.15, 0.2) is 0 Å². The summed E-state index contributed by atoms with van der Waals surface area (Å²) in [5, 5.41) is 11.8. The lowest BCUT2D eigenvalue weighted by molar-refractivity contribution is 0.0927. The lowest BCUT2D eigenvalue weighted by atomic mass is 9.89. The zero-order valence-corrected chi connectivity index (χ0v) is 11.3. The molecule has 4 N–H and O–H groups in total. The average molecular weight is 250 g/mol. The minimum absolute atomic E-state index is 0.112. The Morgan fingerprint density at radius 3 is 2.72 bits per heavy atom. The molecule has 18 heavy (non-hydrogen) atoms. The molecule has 0 unspecified atom stereocenters. The van der Waals surface area contributed by atoms with E-state index in [2.05, 4.69) is 5.32 Å². The third kappa shape index (κ3) is 3.74. The minimum atomic E-state index is -0.120. The summed E-state index contributed by atoms with van der Waals surface area (Å²) >= 11 is 0. The van der Waals surface area contributed by atoms with Gasteiger partial charge in [0.05, 0.1) is 0 Å². The largest absolute Gasteiger partial charge is 0.398 e. The van der Waals surface area contributed by atoms with Crippen molar-refractivity contribution in [2.45, 2.75) is 27.2 Å². The highest BCUT2D eigenvalue weighted by molar-refractivity contribution is 5.96. The van der Waals surface area contributed by atoms with Gasteiger partial charge in [0.25, 0.3) is 5.91 Å². The van der Waals surface area contributed by atoms with Gasteiger partial charge in [0.1, 0.15) is 0 Å². The van der Waals surface area contributed by atoms with Crippen LogP contribution in [-0.4, -0.2) is 24.2 Å². The number of amides is 1.